The topological polar surface area (TPSA) is 240 Å². The van der Waals surface area contributed by atoms with Gasteiger partial charge < -0.3 is 54.9 Å². The molecule has 1 aliphatic carbocycles. The second kappa shape index (κ2) is 19.9. The number of hydrogen-bond donors (Lipinski definition) is 7. The van der Waals surface area contributed by atoms with Crippen molar-refractivity contribution >= 4 is 40.3 Å². The van der Waals surface area contributed by atoms with Crippen molar-refractivity contribution in [3.8, 4) is 23.0 Å². The summed E-state index contributed by atoms with van der Waals surface area (Å²) in [6.45, 7) is 12.7. The van der Waals surface area contributed by atoms with Gasteiger partial charge in [0.25, 0.3) is 11.7 Å². The molecule has 0 aromatic heterocycles. The molecule has 17 nitrogen and oxygen atoms in total. The molecule has 4 heterocycles. The normalized spacial score (nSPS) is 32.0. The van der Waals surface area contributed by atoms with Crippen LogP contribution in [-0.4, -0.2) is 141 Å². The monoisotopic (exact) mass is 892 g/mol. The van der Waals surface area contributed by atoms with Gasteiger partial charge in [0.05, 0.1) is 53.0 Å². The quantitative estimate of drug-likeness (QED) is 0.0907. The van der Waals surface area contributed by atoms with Gasteiger partial charge in [-0.3, -0.25) is 24.3 Å². The van der Waals surface area contributed by atoms with Gasteiger partial charge in [0, 0.05) is 86.4 Å². The lowest BCUT2D eigenvalue weighted by Gasteiger charge is -2.38. The van der Waals surface area contributed by atoms with Crippen LogP contribution in [0.1, 0.15) is 88.7 Å². The summed E-state index contributed by atoms with van der Waals surface area (Å²) in [5.41, 5.74) is -0.664. The SMILES string of the molecule is CO[C@H]1/C=C/O[C@@]2(CO)Oc3c(C)c(O)c4c(O)c(c(/C=N/N5CCN(C6CCCC6)CC5)c(O)c4c3C2=O)NC(=O)/C(C)=C\C=C\[C@H](C)[C@H](O)[C@@H](C)[C@@H](O)[C@@H](C)[C@H](OC(C)=O)[C@@H]1C. The number of hydrazone groups is 1. The fourth-order valence-electron chi connectivity index (χ4n) is 9.53. The molecular weight excluding hydrogens is 829 g/mol. The molecule has 64 heavy (non-hydrogen) atoms. The maximum absolute atomic E-state index is 14.6. The Morgan fingerprint density at radius 2 is 1.61 bits per heavy atom. The van der Waals surface area contributed by atoms with E-state index in [2.05, 4.69) is 15.3 Å². The molecule has 4 aliphatic heterocycles. The molecule has 1 saturated heterocycles. The number of Topliss-reactive ketones (excluding diaryl/α,β-unsaturated/α-hetero) is 1. The van der Waals surface area contributed by atoms with Gasteiger partial charge in [-0.25, -0.2) is 0 Å². The highest BCUT2D eigenvalue weighted by Crippen LogP contribution is 2.55. The highest BCUT2D eigenvalue weighted by Gasteiger charge is 2.53. The number of ether oxygens (including phenoxy) is 4. The van der Waals surface area contributed by atoms with Crippen LogP contribution in [0, 0.1) is 30.6 Å². The first-order valence-electron chi connectivity index (χ1n) is 22.1. The fourth-order valence-corrected chi connectivity index (χ4v) is 9.53. The Balaban J connectivity index is 1.49. The number of fused-ring (bicyclic) bond motifs is 14. The molecule has 2 fully saturated rings. The predicted molar refractivity (Wildman–Crippen MR) is 238 cm³/mol. The van der Waals surface area contributed by atoms with Crippen molar-refractivity contribution in [3.05, 3.63) is 52.8 Å². The van der Waals surface area contributed by atoms with Crippen molar-refractivity contribution in [1.82, 2.24) is 9.91 Å². The van der Waals surface area contributed by atoms with Crippen LogP contribution in [0.2, 0.25) is 0 Å². The summed E-state index contributed by atoms with van der Waals surface area (Å²) < 4.78 is 23.5. The molecule has 1 amide bonds. The summed E-state index contributed by atoms with van der Waals surface area (Å²) >= 11 is 0. The molecule has 0 spiro atoms. The van der Waals surface area contributed by atoms with E-state index in [1.165, 1.54) is 59.1 Å². The van der Waals surface area contributed by atoms with Gasteiger partial charge in [0.15, 0.2) is 5.75 Å². The maximum Gasteiger partial charge on any atom is 0.339 e. The van der Waals surface area contributed by atoms with Gasteiger partial charge in [-0.05, 0) is 32.8 Å². The number of hydrogen-bond acceptors (Lipinski definition) is 16. The summed E-state index contributed by atoms with van der Waals surface area (Å²) in [5, 5.41) is 78.1. The number of piperazine rings is 1. The van der Waals surface area contributed by atoms with Gasteiger partial charge in [-0.15, -0.1) is 0 Å². The number of benzene rings is 2. The Kier molecular flexibility index (Phi) is 15.0. The molecule has 17 heteroatoms. The Morgan fingerprint density at radius 3 is 2.23 bits per heavy atom. The second-order valence-electron chi connectivity index (χ2n) is 17.8. The zero-order valence-electron chi connectivity index (χ0n) is 37.9. The van der Waals surface area contributed by atoms with Gasteiger partial charge in [0.1, 0.15) is 30.0 Å². The van der Waals surface area contributed by atoms with Gasteiger partial charge in [-0.1, -0.05) is 58.8 Å². The third-order valence-electron chi connectivity index (χ3n) is 13.6. The first-order chi connectivity index (χ1) is 30.4. The van der Waals surface area contributed by atoms with Crippen LogP contribution in [0.3, 0.4) is 0 Å². The zero-order chi connectivity index (χ0) is 46.8. The average Bonchev–Trinajstić information content (AvgIpc) is 3.92. The summed E-state index contributed by atoms with van der Waals surface area (Å²) in [7, 11) is 1.40. The second-order valence-corrected chi connectivity index (χ2v) is 17.8. The molecule has 5 bridgehead atoms. The van der Waals surface area contributed by atoms with Crippen molar-refractivity contribution in [2.75, 3.05) is 45.2 Å². The van der Waals surface area contributed by atoms with Crippen LogP contribution >= 0.6 is 0 Å². The van der Waals surface area contributed by atoms with Crippen molar-refractivity contribution in [2.45, 2.75) is 110 Å². The highest BCUT2D eigenvalue weighted by atomic mass is 16.7. The molecular formula is C47H64N4O13. The Morgan fingerprint density at radius 1 is 0.938 bits per heavy atom. The Labute approximate surface area is 373 Å². The van der Waals surface area contributed by atoms with Crippen molar-refractivity contribution in [2.24, 2.45) is 28.8 Å². The highest BCUT2D eigenvalue weighted by molar-refractivity contribution is 6.24. The van der Waals surface area contributed by atoms with E-state index in [4.69, 9.17) is 18.9 Å². The molecule has 1 saturated carbocycles. The van der Waals surface area contributed by atoms with E-state index < -0.39 is 95.4 Å². The molecule has 2 aromatic carbocycles. The van der Waals surface area contributed by atoms with Gasteiger partial charge in [0.2, 0.25) is 0 Å². The van der Waals surface area contributed by atoms with Crippen molar-refractivity contribution in [3.63, 3.8) is 0 Å². The van der Waals surface area contributed by atoms with E-state index in [1.807, 2.05) is 5.01 Å². The summed E-state index contributed by atoms with van der Waals surface area (Å²) in [6, 6.07) is 0.535. The fraction of sp³-hybridized carbons (Fsp3) is 0.574. The predicted octanol–water partition coefficient (Wildman–Crippen LogP) is 4.62. The van der Waals surface area contributed by atoms with E-state index in [0.717, 1.165) is 32.2 Å². The molecule has 5 aliphatic rings. The molecule has 2 aromatic rings. The Bertz CT molecular complexity index is 2210. The third-order valence-corrected chi connectivity index (χ3v) is 13.6. The third kappa shape index (κ3) is 9.31. The van der Waals surface area contributed by atoms with E-state index in [1.54, 1.807) is 39.8 Å². The number of ketones is 1. The van der Waals surface area contributed by atoms with E-state index in [0.29, 0.717) is 19.1 Å². The Hall–Kier alpha value is -5.20. The number of nitrogens with one attached hydrogen (secondary N) is 1. The summed E-state index contributed by atoms with van der Waals surface area (Å²) in [4.78, 5) is 43.3. The van der Waals surface area contributed by atoms with Crippen LogP contribution in [-0.2, 0) is 23.8 Å². The number of aliphatic hydroxyl groups excluding tert-OH is 3. The lowest BCUT2D eigenvalue weighted by molar-refractivity contribution is -0.160. The van der Waals surface area contributed by atoms with Crippen LogP contribution < -0.4 is 10.1 Å². The number of carbonyl (C=O) groups is 3. The number of phenols is 3. The van der Waals surface area contributed by atoms with Crippen LogP contribution in [0.4, 0.5) is 5.69 Å². The van der Waals surface area contributed by atoms with Gasteiger partial charge in [-0.2, -0.15) is 5.10 Å². The lowest BCUT2D eigenvalue weighted by atomic mass is 9.78. The summed E-state index contributed by atoms with van der Waals surface area (Å²) in [5.74, 6) is -9.46. The number of methoxy groups -OCH3 is 1. The number of carbonyl (C=O) groups excluding carboxylic acids is 3. The minimum absolute atomic E-state index is 0.0373. The first-order valence-corrected chi connectivity index (χ1v) is 22.1. The van der Waals surface area contributed by atoms with E-state index >= 15 is 0 Å². The number of aromatic hydroxyl groups is 3. The summed E-state index contributed by atoms with van der Waals surface area (Å²) in [6.07, 6.45) is 9.19. The molecule has 0 unspecified atom stereocenters. The number of rotatable bonds is 6. The minimum Gasteiger partial charge on any atom is -0.507 e. The maximum atomic E-state index is 14.6. The number of anilines is 1. The number of amides is 1. The molecule has 7 N–H and O–H groups in total. The van der Waals surface area contributed by atoms with Crippen molar-refractivity contribution < 1.29 is 64.0 Å². The van der Waals surface area contributed by atoms with Crippen molar-refractivity contribution in [1.29, 1.82) is 0 Å². The van der Waals surface area contributed by atoms with Crippen LogP contribution in [0.5, 0.6) is 23.0 Å². The van der Waals surface area contributed by atoms with E-state index in [-0.39, 0.29) is 44.5 Å². The number of esters is 1. The lowest BCUT2D eigenvalue weighted by Crippen LogP contribution is -2.47. The zero-order valence-corrected chi connectivity index (χ0v) is 37.9. The molecule has 350 valence electrons. The molecule has 7 rings (SSSR count). The van der Waals surface area contributed by atoms with Crippen LogP contribution in [0.15, 0.2) is 41.2 Å². The standard InChI is InChI=1S/C47H64N4O13/c1-24-12-11-13-25(2)46(60)49-37-32(22-48-51-19-17-50(18-20-51)31-14-9-10-15-31)41(57)34-35(42(37)58)40(56)29(6)44-36(34)45(59)47(23-52,64-44)62-21-16-33(61-8)26(3)43(63-30(7)53)28(5)39(55)27(4)38(24)54/h11-13,16,21-22,24,26-28,31,33,38-39,43,52,54-58H,9-10,14-15,17-20,23H2,1-8H3,(H,49,60)/b12-11+,21-16+,25-13-,48-22+/t24-,26+,27+,28+,33-,38-,39+,43+,47-/m0/s1. The number of aliphatic hydroxyl groups is 3. The number of phenolic OH excluding ortho intramolecular Hbond substituents is 3. The van der Waals surface area contributed by atoms with Gasteiger partial charge >= 0.3 is 11.8 Å². The average molecular weight is 893 g/mol. The largest absolute Gasteiger partial charge is 0.507 e. The molecule has 9 atom stereocenters. The number of allylic oxidation sites excluding steroid dienone is 2. The number of nitrogens with zero attached hydrogens (tertiary/aromatic N) is 3. The van der Waals surface area contributed by atoms with Crippen LogP contribution in [0.25, 0.3) is 10.8 Å². The first kappa shape index (κ1) is 48.3. The minimum atomic E-state index is -2.45. The molecule has 0 radical (unpaired) electrons. The van der Waals surface area contributed by atoms with E-state index in [9.17, 15) is 45.0 Å². The smallest absolute Gasteiger partial charge is 0.339 e.